The summed E-state index contributed by atoms with van der Waals surface area (Å²) in [7, 11) is 0. The minimum Gasteiger partial charge on any atom is -0.349 e. The first kappa shape index (κ1) is 18.7. The topological polar surface area (TPSA) is 79.7 Å². The molecular weight excluding hydrogens is 393 g/mol. The number of hydrogen-bond acceptors (Lipinski definition) is 7. The summed E-state index contributed by atoms with van der Waals surface area (Å²) in [5.41, 5.74) is 3.15. The van der Waals surface area contributed by atoms with Crippen LogP contribution in [0.3, 0.4) is 0 Å². The molecule has 0 aromatic carbocycles. The second-order valence-corrected chi connectivity index (χ2v) is 8.89. The molecule has 5 heterocycles. The zero-order chi connectivity index (χ0) is 21.0. The van der Waals surface area contributed by atoms with Gasteiger partial charge in [0.15, 0.2) is 11.6 Å². The van der Waals surface area contributed by atoms with Crippen LogP contribution in [0.2, 0.25) is 0 Å². The molecule has 3 aromatic heterocycles. The van der Waals surface area contributed by atoms with E-state index < -0.39 is 0 Å². The van der Waals surface area contributed by atoms with E-state index in [-0.39, 0.29) is 17.9 Å². The van der Waals surface area contributed by atoms with E-state index in [1.165, 1.54) is 19.3 Å². The van der Waals surface area contributed by atoms with E-state index in [1.54, 1.807) is 30.6 Å². The Hall–Kier alpha value is -3.00. The Kier molecular flexibility index (Phi) is 4.24. The Morgan fingerprint density at radius 3 is 2.65 bits per heavy atom. The molecule has 31 heavy (non-hydrogen) atoms. The monoisotopic (exact) mass is 417 g/mol. The van der Waals surface area contributed by atoms with Gasteiger partial charge in [-0.1, -0.05) is 6.42 Å². The molecule has 2 unspecified atom stereocenters. The van der Waals surface area contributed by atoms with E-state index in [2.05, 4.69) is 32.1 Å². The van der Waals surface area contributed by atoms with Crippen molar-refractivity contribution in [1.82, 2.24) is 30.2 Å². The highest BCUT2D eigenvalue weighted by atomic mass is 19.1. The second-order valence-electron chi connectivity index (χ2n) is 8.89. The highest BCUT2D eigenvalue weighted by Gasteiger charge is 2.52. The van der Waals surface area contributed by atoms with Gasteiger partial charge in [-0.25, -0.2) is 29.3 Å². The van der Waals surface area contributed by atoms with Crippen LogP contribution < -0.4 is 10.2 Å². The average molecular weight is 417 g/mol. The maximum Gasteiger partial charge on any atom is 0.197 e. The third kappa shape index (κ3) is 3.00. The fraction of sp³-hybridized carbons (Fsp3) is 0.435. The van der Waals surface area contributed by atoms with Crippen molar-refractivity contribution in [2.45, 2.75) is 44.7 Å². The van der Waals surface area contributed by atoms with Crippen molar-refractivity contribution in [1.29, 1.82) is 0 Å². The quantitative estimate of drug-likeness (QED) is 0.700. The van der Waals surface area contributed by atoms with E-state index in [0.29, 0.717) is 22.9 Å². The molecule has 1 spiro atoms. The van der Waals surface area contributed by atoms with E-state index >= 15 is 0 Å². The largest absolute Gasteiger partial charge is 0.349 e. The molecule has 0 bridgehead atoms. The molecule has 1 aliphatic carbocycles. The molecule has 1 saturated heterocycles. The van der Waals surface area contributed by atoms with E-state index in [1.807, 2.05) is 6.20 Å². The number of aromatic nitrogens is 5. The molecule has 2 fully saturated rings. The average Bonchev–Trinajstić information content (AvgIpc) is 2.72. The molecule has 158 valence electrons. The van der Waals surface area contributed by atoms with Gasteiger partial charge in [0, 0.05) is 55.1 Å². The van der Waals surface area contributed by atoms with Crippen molar-refractivity contribution in [2.24, 2.45) is 5.41 Å². The van der Waals surface area contributed by atoms with Gasteiger partial charge in [-0.3, -0.25) is 0 Å². The van der Waals surface area contributed by atoms with E-state index in [4.69, 9.17) is 9.97 Å². The van der Waals surface area contributed by atoms with E-state index in [9.17, 15) is 4.39 Å². The minimum atomic E-state index is -0.228. The lowest BCUT2D eigenvalue weighted by molar-refractivity contribution is -0.00784. The fourth-order valence-corrected chi connectivity index (χ4v) is 5.20. The molecule has 1 saturated carbocycles. The molecule has 2 aliphatic heterocycles. The second kappa shape index (κ2) is 7.02. The number of hydrogen-bond donors (Lipinski definition) is 1. The fourth-order valence-electron chi connectivity index (χ4n) is 5.20. The number of nitrogens with one attached hydrogen (secondary N) is 1. The standard InChI is InChI=1S/C23H24FN7/c1-14-16-12-27-22(21-25-7-3-8-26-21)30-17(16)4-9-31(14)19-11-15(24)10-18(29-19)20-23(13-28-20)5-2-6-23/h3,7-8,10-12,14,20,28H,2,4-6,9,13H2,1H3. The Morgan fingerprint density at radius 2 is 1.94 bits per heavy atom. The van der Waals surface area contributed by atoms with Gasteiger partial charge >= 0.3 is 0 Å². The van der Waals surface area contributed by atoms with Crippen LogP contribution in [0.5, 0.6) is 0 Å². The van der Waals surface area contributed by atoms with Gasteiger partial charge in [-0.05, 0) is 31.9 Å². The molecule has 0 radical (unpaired) electrons. The van der Waals surface area contributed by atoms with Crippen molar-refractivity contribution in [3.05, 3.63) is 59.6 Å². The molecule has 8 heteroatoms. The summed E-state index contributed by atoms with van der Waals surface area (Å²) in [4.78, 5) is 24.8. The highest BCUT2D eigenvalue weighted by molar-refractivity contribution is 5.49. The van der Waals surface area contributed by atoms with Gasteiger partial charge in [0.25, 0.3) is 0 Å². The summed E-state index contributed by atoms with van der Waals surface area (Å²) in [5.74, 6) is 1.52. The SMILES string of the molecule is CC1c2cnc(-c3ncccn3)nc2CCN1c1cc(F)cc(C2NCC23CCC3)n1. The first-order valence-electron chi connectivity index (χ1n) is 10.9. The number of pyridine rings is 1. The van der Waals surface area contributed by atoms with Crippen LogP contribution in [0, 0.1) is 11.2 Å². The van der Waals surface area contributed by atoms with Crippen molar-refractivity contribution in [3.8, 4) is 11.6 Å². The highest BCUT2D eigenvalue weighted by Crippen LogP contribution is 2.55. The Labute approximate surface area is 180 Å². The molecule has 3 aromatic rings. The summed E-state index contributed by atoms with van der Waals surface area (Å²) >= 11 is 0. The van der Waals surface area contributed by atoms with Crippen LogP contribution in [-0.2, 0) is 6.42 Å². The lowest BCUT2D eigenvalue weighted by Gasteiger charge is -2.56. The number of fused-ring (bicyclic) bond motifs is 1. The molecule has 6 rings (SSSR count). The number of nitrogens with zero attached hydrogens (tertiary/aromatic N) is 6. The summed E-state index contributed by atoms with van der Waals surface area (Å²) in [5, 5.41) is 3.48. The van der Waals surface area contributed by atoms with Crippen LogP contribution in [0.4, 0.5) is 10.2 Å². The molecule has 0 amide bonds. The van der Waals surface area contributed by atoms with Crippen molar-refractivity contribution < 1.29 is 4.39 Å². The number of rotatable bonds is 3. The molecular formula is C23H24FN7. The van der Waals surface area contributed by atoms with Gasteiger partial charge in [0.2, 0.25) is 0 Å². The zero-order valence-electron chi connectivity index (χ0n) is 17.4. The van der Waals surface area contributed by atoms with Crippen LogP contribution in [-0.4, -0.2) is 38.0 Å². The van der Waals surface area contributed by atoms with Gasteiger partial charge in [0.05, 0.1) is 23.5 Å². The summed E-state index contributed by atoms with van der Waals surface area (Å²) in [6.45, 7) is 3.84. The first-order valence-corrected chi connectivity index (χ1v) is 10.9. The maximum atomic E-state index is 14.6. The van der Waals surface area contributed by atoms with Crippen molar-refractivity contribution >= 4 is 5.82 Å². The van der Waals surface area contributed by atoms with Gasteiger partial charge < -0.3 is 10.2 Å². The third-order valence-electron chi connectivity index (χ3n) is 7.18. The summed E-state index contributed by atoms with van der Waals surface area (Å²) < 4.78 is 14.6. The zero-order valence-corrected chi connectivity index (χ0v) is 17.4. The van der Waals surface area contributed by atoms with Crippen LogP contribution >= 0.6 is 0 Å². The van der Waals surface area contributed by atoms with Crippen molar-refractivity contribution in [2.75, 3.05) is 18.0 Å². The molecule has 2 atom stereocenters. The van der Waals surface area contributed by atoms with Crippen molar-refractivity contribution in [3.63, 3.8) is 0 Å². The number of halogens is 1. The van der Waals surface area contributed by atoms with E-state index in [0.717, 1.165) is 36.5 Å². The predicted molar refractivity (Wildman–Crippen MR) is 114 cm³/mol. The normalized spacial score (nSPS) is 23.7. The van der Waals surface area contributed by atoms with Gasteiger partial charge in [0.1, 0.15) is 11.6 Å². The number of anilines is 1. The third-order valence-corrected chi connectivity index (χ3v) is 7.18. The van der Waals surface area contributed by atoms with Crippen LogP contribution in [0.1, 0.15) is 55.2 Å². The minimum absolute atomic E-state index is 0.00338. The lowest BCUT2D eigenvalue weighted by atomic mass is 9.58. The van der Waals surface area contributed by atoms with Crippen LogP contribution in [0.15, 0.2) is 36.8 Å². The Morgan fingerprint density at radius 1 is 1.10 bits per heavy atom. The summed E-state index contributed by atoms with van der Waals surface area (Å²) in [6, 6.07) is 5.08. The maximum absolute atomic E-state index is 14.6. The smallest absolute Gasteiger partial charge is 0.197 e. The lowest BCUT2D eigenvalue weighted by Crippen LogP contribution is -2.59. The summed E-state index contributed by atoms with van der Waals surface area (Å²) in [6.07, 6.45) is 9.63. The molecule has 7 nitrogen and oxygen atoms in total. The first-order chi connectivity index (χ1) is 15.1. The molecule has 3 aliphatic rings. The van der Waals surface area contributed by atoms with Crippen LogP contribution in [0.25, 0.3) is 11.6 Å². The molecule has 1 N–H and O–H groups in total. The van der Waals surface area contributed by atoms with Gasteiger partial charge in [-0.2, -0.15) is 0 Å². The van der Waals surface area contributed by atoms with Gasteiger partial charge in [-0.15, -0.1) is 0 Å². The Balaban J connectivity index is 1.30. The Bertz CT molecular complexity index is 1130. The predicted octanol–water partition coefficient (Wildman–Crippen LogP) is 3.41.